The normalized spacial score (nSPS) is 9.94. The summed E-state index contributed by atoms with van der Waals surface area (Å²) in [5, 5.41) is 10.0. The van der Waals surface area contributed by atoms with E-state index in [4.69, 9.17) is 34.3 Å². The zero-order valence-electron chi connectivity index (χ0n) is 9.84. The first-order valence-electron chi connectivity index (χ1n) is 5.34. The summed E-state index contributed by atoms with van der Waals surface area (Å²) in [4.78, 5) is 13.3. The Hall–Kier alpha value is -1.46. The molecule has 0 bridgehead atoms. The smallest absolute Gasteiger partial charge is 0.328 e. The first kappa shape index (κ1) is 14.6. The van der Waals surface area contributed by atoms with Gasteiger partial charge in [-0.05, 0) is 18.6 Å². The highest BCUT2D eigenvalue weighted by Gasteiger charge is 2.20. The van der Waals surface area contributed by atoms with Gasteiger partial charge in [-0.25, -0.2) is 4.79 Å². The number of guanidine groups is 1. The van der Waals surface area contributed by atoms with Crippen LogP contribution in [0, 0.1) is 5.41 Å². The third kappa shape index (κ3) is 3.51. The van der Waals surface area contributed by atoms with Crippen LogP contribution in [-0.4, -0.2) is 18.5 Å². The van der Waals surface area contributed by atoms with Crippen LogP contribution < -0.4 is 16.0 Å². The highest BCUT2D eigenvalue weighted by Crippen LogP contribution is 2.33. The highest BCUT2D eigenvalue weighted by molar-refractivity contribution is 6.40. The number of rotatable bonds is 3. The van der Waals surface area contributed by atoms with Gasteiger partial charge in [0.1, 0.15) is 0 Å². The molecule has 2 amide bonds. The number of hydrogen-bond donors (Lipinski definition) is 3. The molecule has 18 heavy (non-hydrogen) atoms. The maximum Gasteiger partial charge on any atom is 0.328 e. The van der Waals surface area contributed by atoms with E-state index in [1.54, 1.807) is 18.2 Å². The fourth-order valence-electron chi connectivity index (χ4n) is 1.47. The fourth-order valence-corrected chi connectivity index (χ4v) is 2.07. The van der Waals surface area contributed by atoms with Crippen molar-refractivity contribution in [1.29, 1.82) is 5.41 Å². The van der Waals surface area contributed by atoms with Crippen LogP contribution in [0.25, 0.3) is 0 Å². The summed E-state index contributed by atoms with van der Waals surface area (Å²) in [5.74, 6) is -0.427. The minimum absolute atomic E-state index is 0.370. The van der Waals surface area contributed by atoms with E-state index in [0.29, 0.717) is 28.7 Å². The third-order valence-corrected chi connectivity index (χ3v) is 2.75. The average Bonchev–Trinajstić information content (AvgIpc) is 2.26. The largest absolute Gasteiger partial charge is 0.370 e. The molecule has 0 radical (unpaired) electrons. The van der Waals surface area contributed by atoms with Gasteiger partial charge in [-0.2, -0.15) is 0 Å². The SMILES string of the molecule is CCCN(C(=O)NC(=N)N)c1c(Cl)cccc1Cl. The van der Waals surface area contributed by atoms with Gasteiger partial charge in [0.15, 0.2) is 5.96 Å². The maximum absolute atomic E-state index is 11.9. The predicted molar refractivity (Wildman–Crippen MR) is 74.5 cm³/mol. The van der Waals surface area contributed by atoms with Gasteiger partial charge in [0.2, 0.25) is 0 Å². The first-order chi connectivity index (χ1) is 8.47. The van der Waals surface area contributed by atoms with Crippen molar-refractivity contribution in [2.45, 2.75) is 13.3 Å². The molecule has 5 nitrogen and oxygen atoms in total. The molecule has 0 aromatic heterocycles. The first-order valence-corrected chi connectivity index (χ1v) is 6.09. The minimum Gasteiger partial charge on any atom is -0.370 e. The van der Waals surface area contributed by atoms with E-state index in [1.165, 1.54) is 4.90 Å². The molecule has 0 aliphatic carbocycles. The van der Waals surface area contributed by atoms with Crippen LogP contribution in [-0.2, 0) is 0 Å². The molecule has 98 valence electrons. The minimum atomic E-state index is -0.528. The van der Waals surface area contributed by atoms with Crippen molar-refractivity contribution in [1.82, 2.24) is 5.32 Å². The van der Waals surface area contributed by atoms with Crippen molar-refractivity contribution < 1.29 is 4.79 Å². The highest BCUT2D eigenvalue weighted by atomic mass is 35.5. The second kappa shape index (κ2) is 6.47. The Morgan fingerprint density at radius 1 is 1.44 bits per heavy atom. The molecule has 0 fully saturated rings. The molecule has 1 aromatic rings. The number of carbonyl (C=O) groups excluding carboxylic acids is 1. The van der Waals surface area contributed by atoms with E-state index >= 15 is 0 Å². The van der Waals surface area contributed by atoms with Gasteiger partial charge in [0.25, 0.3) is 0 Å². The van der Waals surface area contributed by atoms with Crippen LogP contribution in [0.5, 0.6) is 0 Å². The Morgan fingerprint density at radius 3 is 2.44 bits per heavy atom. The quantitative estimate of drug-likeness (QED) is 0.590. The van der Waals surface area contributed by atoms with Crippen molar-refractivity contribution in [2.75, 3.05) is 11.4 Å². The van der Waals surface area contributed by atoms with Crippen LogP contribution in [0.3, 0.4) is 0 Å². The molecule has 7 heteroatoms. The number of nitrogens with one attached hydrogen (secondary N) is 2. The summed E-state index contributed by atoms with van der Waals surface area (Å²) in [6.45, 7) is 2.33. The van der Waals surface area contributed by atoms with Crippen molar-refractivity contribution in [3.63, 3.8) is 0 Å². The van der Waals surface area contributed by atoms with Gasteiger partial charge in [-0.1, -0.05) is 36.2 Å². The fraction of sp³-hybridized carbons (Fsp3) is 0.273. The number of anilines is 1. The van der Waals surface area contributed by atoms with Gasteiger partial charge in [-0.15, -0.1) is 0 Å². The Morgan fingerprint density at radius 2 is 2.00 bits per heavy atom. The van der Waals surface area contributed by atoms with Crippen molar-refractivity contribution in [3.8, 4) is 0 Å². The number of halogens is 2. The monoisotopic (exact) mass is 288 g/mol. The van der Waals surface area contributed by atoms with Gasteiger partial charge in [0.05, 0.1) is 15.7 Å². The van der Waals surface area contributed by atoms with E-state index in [0.717, 1.165) is 0 Å². The van der Waals surface area contributed by atoms with Crippen molar-refractivity contribution in [2.24, 2.45) is 5.73 Å². The molecule has 0 aliphatic rings. The number of para-hydroxylation sites is 1. The zero-order valence-corrected chi connectivity index (χ0v) is 11.3. The number of nitrogens with two attached hydrogens (primary N) is 1. The van der Waals surface area contributed by atoms with Crippen molar-refractivity contribution >= 4 is 40.9 Å². The number of carbonyl (C=O) groups is 1. The van der Waals surface area contributed by atoms with E-state index < -0.39 is 12.0 Å². The van der Waals surface area contributed by atoms with E-state index in [2.05, 4.69) is 5.32 Å². The average molecular weight is 289 g/mol. The van der Waals surface area contributed by atoms with Gasteiger partial charge >= 0.3 is 6.03 Å². The van der Waals surface area contributed by atoms with Crippen molar-refractivity contribution in [3.05, 3.63) is 28.2 Å². The van der Waals surface area contributed by atoms with E-state index in [-0.39, 0.29) is 0 Å². The van der Waals surface area contributed by atoms with Gasteiger partial charge in [-0.3, -0.25) is 15.6 Å². The zero-order chi connectivity index (χ0) is 13.7. The number of hydrogen-bond acceptors (Lipinski definition) is 2. The summed E-state index contributed by atoms with van der Waals surface area (Å²) in [6, 6.07) is 4.46. The second-order valence-corrected chi connectivity index (χ2v) is 4.38. The Bertz CT molecular complexity index is 444. The van der Waals surface area contributed by atoms with Crippen LogP contribution in [0.4, 0.5) is 10.5 Å². The molecule has 0 saturated heterocycles. The molecule has 0 unspecified atom stereocenters. The maximum atomic E-state index is 11.9. The summed E-state index contributed by atoms with van der Waals surface area (Å²) in [5.41, 5.74) is 5.56. The molecule has 0 spiro atoms. The predicted octanol–water partition coefficient (Wildman–Crippen LogP) is 2.81. The number of nitrogens with zero attached hydrogens (tertiary/aromatic N) is 1. The third-order valence-electron chi connectivity index (χ3n) is 2.14. The summed E-state index contributed by atoms with van der Waals surface area (Å²) in [6.07, 6.45) is 0.715. The molecule has 0 saturated carbocycles. The molecular weight excluding hydrogens is 275 g/mol. The van der Waals surface area contributed by atoms with Crippen LogP contribution in [0.2, 0.25) is 10.0 Å². The lowest BCUT2D eigenvalue weighted by molar-refractivity contribution is 0.250. The summed E-state index contributed by atoms with van der Waals surface area (Å²) >= 11 is 12.1. The lowest BCUT2D eigenvalue weighted by Crippen LogP contribution is -2.46. The van der Waals surface area contributed by atoms with Crippen LogP contribution in [0.1, 0.15) is 13.3 Å². The molecule has 4 N–H and O–H groups in total. The molecule has 0 atom stereocenters. The molecule has 0 heterocycles. The summed E-state index contributed by atoms with van der Waals surface area (Å²) in [7, 11) is 0. The Kier molecular flexibility index (Phi) is 5.25. The van der Waals surface area contributed by atoms with E-state index in [1.807, 2.05) is 6.92 Å². The number of amides is 2. The molecule has 0 aliphatic heterocycles. The van der Waals surface area contributed by atoms with Crippen LogP contribution in [0.15, 0.2) is 18.2 Å². The molecular formula is C11H14Cl2N4O. The molecule has 1 rings (SSSR count). The number of urea groups is 1. The number of benzene rings is 1. The Labute approximate surface area is 115 Å². The lowest BCUT2D eigenvalue weighted by Gasteiger charge is -2.24. The van der Waals surface area contributed by atoms with E-state index in [9.17, 15) is 4.79 Å². The Balaban J connectivity index is 3.11. The van der Waals surface area contributed by atoms with Gasteiger partial charge in [0, 0.05) is 6.54 Å². The topological polar surface area (TPSA) is 82.2 Å². The lowest BCUT2D eigenvalue weighted by atomic mass is 10.2. The van der Waals surface area contributed by atoms with Gasteiger partial charge < -0.3 is 5.73 Å². The summed E-state index contributed by atoms with van der Waals surface area (Å²) < 4.78 is 0. The standard InChI is InChI=1S/C11H14Cl2N4O/c1-2-6-17(11(18)16-10(14)15)9-7(12)4-3-5-8(9)13/h3-5H,2,6H2,1H3,(H4,14,15,16,18). The molecule has 1 aromatic carbocycles. The van der Waals surface area contributed by atoms with Crippen LogP contribution >= 0.6 is 23.2 Å². The second-order valence-electron chi connectivity index (χ2n) is 3.57.